The molecular formula is C6H12N2O. The molecule has 0 saturated heterocycles. The van der Waals surface area contributed by atoms with Gasteiger partial charge in [0.15, 0.2) is 0 Å². The highest BCUT2D eigenvalue weighted by Crippen LogP contribution is 1.71. The molecule has 0 saturated carbocycles. The van der Waals surface area contributed by atoms with E-state index in [1.54, 1.807) is 6.08 Å². The third-order valence-electron chi connectivity index (χ3n) is 0.837. The van der Waals surface area contributed by atoms with Gasteiger partial charge in [0.05, 0.1) is 0 Å². The lowest BCUT2D eigenvalue weighted by atomic mass is 10.4. The summed E-state index contributed by atoms with van der Waals surface area (Å²) in [6, 6.07) is 0. The van der Waals surface area contributed by atoms with Crippen LogP contribution in [0.2, 0.25) is 0 Å². The fourth-order valence-corrected chi connectivity index (χ4v) is 0.416. The Bertz CT molecular complexity index is 101. The standard InChI is InChI=1S/C6H12N2O/c1-2-4-8-5-3-6(7)9/h2,8H,1,3-5H2,(H2,7,9). The normalized spacial score (nSPS) is 8.89. The summed E-state index contributed by atoms with van der Waals surface area (Å²) in [4.78, 5) is 10.1. The van der Waals surface area contributed by atoms with Crippen molar-refractivity contribution in [2.45, 2.75) is 6.42 Å². The maximum Gasteiger partial charge on any atom is 0.218 e. The van der Waals surface area contributed by atoms with E-state index >= 15 is 0 Å². The molecule has 52 valence electrons. The second-order valence-electron chi connectivity index (χ2n) is 1.71. The van der Waals surface area contributed by atoms with Crippen LogP contribution in [0.3, 0.4) is 0 Å². The van der Waals surface area contributed by atoms with Gasteiger partial charge in [-0.05, 0) is 0 Å². The van der Waals surface area contributed by atoms with Crippen LogP contribution in [-0.2, 0) is 4.79 Å². The molecule has 0 atom stereocenters. The Morgan fingerprint density at radius 1 is 1.78 bits per heavy atom. The molecule has 0 heterocycles. The zero-order valence-electron chi connectivity index (χ0n) is 5.39. The summed E-state index contributed by atoms with van der Waals surface area (Å²) in [6.45, 7) is 4.87. The first-order valence-electron chi connectivity index (χ1n) is 2.87. The third-order valence-corrected chi connectivity index (χ3v) is 0.837. The summed E-state index contributed by atoms with van der Waals surface area (Å²) >= 11 is 0. The minimum Gasteiger partial charge on any atom is -0.370 e. The number of primary amides is 1. The molecule has 0 spiro atoms. The highest BCUT2D eigenvalue weighted by atomic mass is 16.1. The van der Waals surface area contributed by atoms with Crippen LogP contribution >= 0.6 is 0 Å². The Hall–Kier alpha value is -0.830. The van der Waals surface area contributed by atoms with Gasteiger partial charge in [0.25, 0.3) is 0 Å². The predicted molar refractivity (Wildman–Crippen MR) is 36.9 cm³/mol. The molecule has 3 N–H and O–H groups in total. The Kier molecular flexibility index (Phi) is 4.82. The molecule has 0 aliphatic rings. The van der Waals surface area contributed by atoms with E-state index in [2.05, 4.69) is 11.9 Å². The summed E-state index contributed by atoms with van der Waals surface area (Å²) in [6.07, 6.45) is 2.13. The first kappa shape index (κ1) is 8.17. The number of nitrogens with two attached hydrogens (primary N) is 1. The molecule has 0 aliphatic carbocycles. The lowest BCUT2D eigenvalue weighted by Gasteiger charge is -1.95. The molecule has 0 aromatic rings. The fourth-order valence-electron chi connectivity index (χ4n) is 0.416. The molecule has 0 rings (SSSR count). The molecule has 9 heavy (non-hydrogen) atoms. The largest absolute Gasteiger partial charge is 0.370 e. The Balaban J connectivity index is 2.91. The summed E-state index contributed by atoms with van der Waals surface area (Å²) < 4.78 is 0. The predicted octanol–water partition coefficient (Wildman–Crippen LogP) is -0.363. The molecule has 0 fully saturated rings. The molecule has 3 heteroatoms. The van der Waals surface area contributed by atoms with E-state index in [0.717, 1.165) is 6.54 Å². The van der Waals surface area contributed by atoms with Crippen LogP contribution in [-0.4, -0.2) is 19.0 Å². The van der Waals surface area contributed by atoms with Crippen LogP contribution in [0, 0.1) is 0 Å². The van der Waals surface area contributed by atoms with Gasteiger partial charge in [-0.2, -0.15) is 0 Å². The number of nitrogens with one attached hydrogen (secondary N) is 1. The quantitative estimate of drug-likeness (QED) is 0.392. The molecule has 0 aliphatic heterocycles. The molecule has 0 aromatic carbocycles. The van der Waals surface area contributed by atoms with E-state index in [-0.39, 0.29) is 5.91 Å². The van der Waals surface area contributed by atoms with Crippen LogP contribution < -0.4 is 11.1 Å². The molecule has 0 radical (unpaired) electrons. The van der Waals surface area contributed by atoms with Gasteiger partial charge in [-0.25, -0.2) is 0 Å². The van der Waals surface area contributed by atoms with E-state index in [1.807, 2.05) is 0 Å². The van der Waals surface area contributed by atoms with Gasteiger partial charge in [-0.3, -0.25) is 4.79 Å². The van der Waals surface area contributed by atoms with Crippen LogP contribution in [0.25, 0.3) is 0 Å². The minimum atomic E-state index is -0.272. The van der Waals surface area contributed by atoms with Crippen molar-refractivity contribution in [1.82, 2.24) is 5.32 Å². The van der Waals surface area contributed by atoms with E-state index in [4.69, 9.17) is 5.73 Å². The number of amides is 1. The lowest BCUT2D eigenvalue weighted by molar-refractivity contribution is -0.117. The van der Waals surface area contributed by atoms with E-state index in [0.29, 0.717) is 13.0 Å². The summed E-state index contributed by atoms with van der Waals surface area (Å²) in [5, 5.41) is 2.95. The van der Waals surface area contributed by atoms with Crippen LogP contribution in [0.5, 0.6) is 0 Å². The average Bonchev–Trinajstić information content (AvgIpc) is 1.80. The van der Waals surface area contributed by atoms with Gasteiger partial charge < -0.3 is 11.1 Å². The zero-order valence-corrected chi connectivity index (χ0v) is 5.39. The summed E-state index contributed by atoms with van der Waals surface area (Å²) in [7, 11) is 0. The minimum absolute atomic E-state index is 0.272. The summed E-state index contributed by atoms with van der Waals surface area (Å²) in [5.74, 6) is -0.272. The van der Waals surface area contributed by atoms with Crippen molar-refractivity contribution in [3.8, 4) is 0 Å². The van der Waals surface area contributed by atoms with Crippen LogP contribution in [0.15, 0.2) is 12.7 Å². The third kappa shape index (κ3) is 7.17. The average molecular weight is 128 g/mol. The Morgan fingerprint density at radius 3 is 2.89 bits per heavy atom. The Morgan fingerprint density at radius 2 is 2.44 bits per heavy atom. The van der Waals surface area contributed by atoms with Crippen LogP contribution in [0.4, 0.5) is 0 Å². The van der Waals surface area contributed by atoms with Gasteiger partial charge >= 0.3 is 0 Å². The van der Waals surface area contributed by atoms with Gasteiger partial charge in [0.1, 0.15) is 0 Å². The highest BCUT2D eigenvalue weighted by molar-refractivity contribution is 5.73. The monoisotopic (exact) mass is 128 g/mol. The number of hydrogen-bond acceptors (Lipinski definition) is 2. The lowest BCUT2D eigenvalue weighted by Crippen LogP contribution is -2.21. The van der Waals surface area contributed by atoms with E-state index in [9.17, 15) is 4.79 Å². The maximum absolute atomic E-state index is 10.1. The molecule has 0 aromatic heterocycles. The fraction of sp³-hybridized carbons (Fsp3) is 0.500. The van der Waals surface area contributed by atoms with Crippen molar-refractivity contribution in [3.05, 3.63) is 12.7 Å². The SMILES string of the molecule is C=CCNCCC(N)=O. The van der Waals surface area contributed by atoms with E-state index in [1.165, 1.54) is 0 Å². The molecular weight excluding hydrogens is 116 g/mol. The van der Waals surface area contributed by atoms with Gasteiger partial charge in [0, 0.05) is 19.5 Å². The molecule has 1 amide bonds. The second kappa shape index (κ2) is 5.31. The molecule has 0 unspecified atom stereocenters. The summed E-state index contributed by atoms with van der Waals surface area (Å²) in [5.41, 5.74) is 4.87. The van der Waals surface area contributed by atoms with Crippen molar-refractivity contribution in [2.24, 2.45) is 5.73 Å². The molecule has 0 bridgehead atoms. The number of rotatable bonds is 5. The first-order valence-corrected chi connectivity index (χ1v) is 2.87. The van der Waals surface area contributed by atoms with Gasteiger partial charge in [0.2, 0.25) is 5.91 Å². The maximum atomic E-state index is 10.1. The van der Waals surface area contributed by atoms with Gasteiger partial charge in [-0.1, -0.05) is 6.08 Å². The number of hydrogen-bond donors (Lipinski definition) is 2. The van der Waals surface area contributed by atoms with Crippen molar-refractivity contribution in [2.75, 3.05) is 13.1 Å². The second-order valence-corrected chi connectivity index (χ2v) is 1.71. The Labute approximate surface area is 54.9 Å². The number of carbonyl (C=O) groups excluding carboxylic acids is 1. The topological polar surface area (TPSA) is 55.1 Å². The zero-order chi connectivity index (χ0) is 7.11. The van der Waals surface area contributed by atoms with Crippen molar-refractivity contribution in [3.63, 3.8) is 0 Å². The van der Waals surface area contributed by atoms with Crippen molar-refractivity contribution < 1.29 is 4.79 Å². The van der Waals surface area contributed by atoms with Crippen molar-refractivity contribution in [1.29, 1.82) is 0 Å². The number of carbonyl (C=O) groups is 1. The highest BCUT2D eigenvalue weighted by Gasteiger charge is 1.89. The van der Waals surface area contributed by atoms with E-state index < -0.39 is 0 Å². The van der Waals surface area contributed by atoms with Gasteiger partial charge in [-0.15, -0.1) is 6.58 Å². The van der Waals surface area contributed by atoms with Crippen LogP contribution in [0.1, 0.15) is 6.42 Å². The smallest absolute Gasteiger partial charge is 0.218 e. The first-order chi connectivity index (χ1) is 4.27. The molecule has 3 nitrogen and oxygen atoms in total. The van der Waals surface area contributed by atoms with Crippen molar-refractivity contribution >= 4 is 5.91 Å².